The summed E-state index contributed by atoms with van der Waals surface area (Å²) in [6, 6.07) is 5.19. The summed E-state index contributed by atoms with van der Waals surface area (Å²) in [5.74, 6) is -0.663. The quantitative estimate of drug-likeness (QED) is 0.541. The highest BCUT2D eigenvalue weighted by atomic mass is 16.8. The first-order valence-electron chi connectivity index (χ1n) is 9.39. The predicted molar refractivity (Wildman–Crippen MR) is 104 cm³/mol. The Morgan fingerprint density at radius 1 is 1.14 bits per heavy atom. The molecule has 0 aliphatic carbocycles. The molecule has 0 saturated carbocycles. The fourth-order valence-corrected chi connectivity index (χ4v) is 3.36. The van der Waals surface area contributed by atoms with E-state index in [0.717, 1.165) is 0 Å². The molecule has 28 heavy (non-hydrogen) atoms. The van der Waals surface area contributed by atoms with E-state index >= 15 is 0 Å². The first-order valence-corrected chi connectivity index (χ1v) is 9.39. The number of carbonyl (C=O) groups excluding carboxylic acids is 2. The molecule has 0 unspecified atom stereocenters. The zero-order valence-corrected chi connectivity index (χ0v) is 16.6. The van der Waals surface area contributed by atoms with Crippen molar-refractivity contribution in [2.24, 2.45) is 0 Å². The SMILES string of the molecule is COc1ccc2c(c1)C=CC[C@@H]1OC(C)(C)O[C@@H]1C(=O)CC=C[C@H](C)OC2=O. The number of cyclic esters (lactones) is 1. The standard InChI is InChI=1S/C22H26O6/c1-14-7-5-9-18(23)20-19(27-22(2,3)28-20)10-6-8-15-13-16(25-4)11-12-17(15)21(24)26-14/h5-8,11-14,19-20H,9-10H2,1-4H3/t14-,19-,20+/m0/s1. The molecule has 6 nitrogen and oxygen atoms in total. The molecule has 3 rings (SSSR count). The lowest BCUT2D eigenvalue weighted by Crippen LogP contribution is -2.31. The number of ketones is 1. The van der Waals surface area contributed by atoms with E-state index in [1.54, 1.807) is 58.2 Å². The summed E-state index contributed by atoms with van der Waals surface area (Å²) < 4.78 is 22.5. The maximum atomic E-state index is 12.6. The van der Waals surface area contributed by atoms with E-state index in [9.17, 15) is 9.59 Å². The molecule has 0 aromatic heterocycles. The van der Waals surface area contributed by atoms with E-state index in [4.69, 9.17) is 18.9 Å². The van der Waals surface area contributed by atoms with Crippen LogP contribution in [0.5, 0.6) is 5.75 Å². The van der Waals surface area contributed by atoms with Gasteiger partial charge in [-0.25, -0.2) is 4.79 Å². The van der Waals surface area contributed by atoms with E-state index in [-0.39, 0.29) is 18.3 Å². The second-order valence-electron chi connectivity index (χ2n) is 7.39. The summed E-state index contributed by atoms with van der Waals surface area (Å²) in [6.45, 7) is 5.36. The maximum absolute atomic E-state index is 12.6. The van der Waals surface area contributed by atoms with Crippen LogP contribution in [0.1, 0.15) is 49.5 Å². The number of hydrogen-bond donors (Lipinski definition) is 0. The second kappa shape index (κ2) is 8.29. The number of fused-ring (bicyclic) bond motifs is 2. The van der Waals surface area contributed by atoms with Gasteiger partial charge in [0.2, 0.25) is 0 Å². The van der Waals surface area contributed by atoms with Crippen molar-refractivity contribution in [1.29, 1.82) is 0 Å². The predicted octanol–water partition coefficient (Wildman–Crippen LogP) is 3.69. The van der Waals surface area contributed by atoms with Gasteiger partial charge in [0.25, 0.3) is 0 Å². The van der Waals surface area contributed by atoms with Crippen molar-refractivity contribution >= 4 is 17.8 Å². The Labute approximate surface area is 165 Å². The molecule has 0 amide bonds. The van der Waals surface area contributed by atoms with Crippen LogP contribution in [0.4, 0.5) is 0 Å². The molecule has 1 fully saturated rings. The maximum Gasteiger partial charge on any atom is 0.339 e. The van der Waals surface area contributed by atoms with Gasteiger partial charge in [-0.15, -0.1) is 0 Å². The van der Waals surface area contributed by atoms with Crippen molar-refractivity contribution in [3.63, 3.8) is 0 Å². The molecule has 1 saturated heterocycles. The lowest BCUT2D eigenvalue weighted by molar-refractivity contribution is -0.154. The number of Topliss-reactive ketones (excluding diaryl/α,β-unsaturated/α-hetero) is 1. The lowest BCUT2D eigenvalue weighted by atomic mass is 10.0. The highest BCUT2D eigenvalue weighted by Crippen LogP contribution is 2.32. The zero-order valence-electron chi connectivity index (χ0n) is 16.6. The van der Waals surface area contributed by atoms with Crippen molar-refractivity contribution in [2.45, 2.75) is 57.7 Å². The lowest BCUT2D eigenvalue weighted by Gasteiger charge is -2.16. The van der Waals surface area contributed by atoms with E-state index < -0.39 is 24.0 Å². The van der Waals surface area contributed by atoms with Gasteiger partial charge in [-0.1, -0.05) is 18.2 Å². The molecule has 0 radical (unpaired) electrons. The Bertz CT molecular complexity index is 807. The van der Waals surface area contributed by atoms with Crippen molar-refractivity contribution in [1.82, 2.24) is 0 Å². The fraction of sp³-hybridized carbons (Fsp3) is 0.455. The van der Waals surface area contributed by atoms with Crippen LogP contribution >= 0.6 is 0 Å². The molecular weight excluding hydrogens is 360 g/mol. The first kappa shape index (κ1) is 20.3. The second-order valence-corrected chi connectivity index (χ2v) is 7.39. The fourth-order valence-electron chi connectivity index (χ4n) is 3.36. The van der Waals surface area contributed by atoms with Crippen LogP contribution in [0.15, 0.2) is 36.4 Å². The topological polar surface area (TPSA) is 71.1 Å². The summed E-state index contributed by atoms with van der Waals surface area (Å²) >= 11 is 0. The third-order valence-electron chi connectivity index (χ3n) is 4.66. The van der Waals surface area contributed by atoms with Gasteiger partial charge in [-0.05, 0) is 57.0 Å². The minimum atomic E-state index is -0.815. The largest absolute Gasteiger partial charge is 0.497 e. The Kier molecular flexibility index (Phi) is 6.01. The Hall–Kier alpha value is -2.44. The molecule has 1 aromatic rings. The van der Waals surface area contributed by atoms with Gasteiger partial charge in [0.05, 0.1) is 18.8 Å². The van der Waals surface area contributed by atoms with Gasteiger partial charge < -0.3 is 18.9 Å². The number of rotatable bonds is 1. The summed E-state index contributed by atoms with van der Waals surface area (Å²) in [6.07, 6.45) is 6.32. The molecular formula is C22H26O6. The van der Waals surface area contributed by atoms with Crippen LogP contribution in [-0.4, -0.2) is 43.0 Å². The molecule has 3 atom stereocenters. The van der Waals surface area contributed by atoms with Crippen LogP contribution in [0.2, 0.25) is 0 Å². The Balaban J connectivity index is 1.96. The molecule has 2 heterocycles. The Morgan fingerprint density at radius 2 is 1.93 bits per heavy atom. The summed E-state index contributed by atoms with van der Waals surface area (Å²) in [5.41, 5.74) is 1.13. The number of carbonyl (C=O) groups is 2. The number of ether oxygens (including phenoxy) is 4. The average molecular weight is 386 g/mol. The van der Waals surface area contributed by atoms with E-state index in [2.05, 4.69) is 0 Å². The third kappa shape index (κ3) is 4.69. The van der Waals surface area contributed by atoms with E-state index in [1.807, 2.05) is 12.2 Å². The van der Waals surface area contributed by atoms with Crippen LogP contribution < -0.4 is 4.74 Å². The van der Waals surface area contributed by atoms with Gasteiger partial charge in [0.15, 0.2) is 11.6 Å². The smallest absolute Gasteiger partial charge is 0.339 e. The van der Waals surface area contributed by atoms with Crippen LogP contribution in [0.25, 0.3) is 6.08 Å². The van der Waals surface area contributed by atoms with E-state index in [0.29, 0.717) is 23.3 Å². The number of methoxy groups -OCH3 is 1. The van der Waals surface area contributed by atoms with Crippen molar-refractivity contribution in [2.75, 3.05) is 7.11 Å². The van der Waals surface area contributed by atoms with Crippen molar-refractivity contribution in [3.05, 3.63) is 47.6 Å². The van der Waals surface area contributed by atoms with Crippen LogP contribution in [0, 0.1) is 0 Å². The molecule has 6 heteroatoms. The number of allylic oxidation sites excluding steroid dienone is 1. The van der Waals surface area contributed by atoms with E-state index in [1.165, 1.54) is 0 Å². The van der Waals surface area contributed by atoms with Gasteiger partial charge in [-0.3, -0.25) is 4.79 Å². The normalized spacial score (nSPS) is 27.5. The molecule has 150 valence electrons. The van der Waals surface area contributed by atoms with Crippen molar-refractivity contribution in [3.8, 4) is 5.75 Å². The molecule has 0 spiro atoms. The number of esters is 1. The van der Waals surface area contributed by atoms with Gasteiger partial charge in [-0.2, -0.15) is 0 Å². The minimum Gasteiger partial charge on any atom is -0.497 e. The summed E-state index contributed by atoms with van der Waals surface area (Å²) in [4.78, 5) is 25.2. The Morgan fingerprint density at radius 3 is 2.68 bits per heavy atom. The summed E-state index contributed by atoms with van der Waals surface area (Å²) in [7, 11) is 1.57. The molecule has 2 aliphatic rings. The van der Waals surface area contributed by atoms with Gasteiger partial charge in [0.1, 0.15) is 18.0 Å². The monoisotopic (exact) mass is 386 g/mol. The number of hydrogen-bond acceptors (Lipinski definition) is 6. The molecule has 2 aliphatic heterocycles. The van der Waals surface area contributed by atoms with Gasteiger partial charge in [0, 0.05) is 6.42 Å². The van der Waals surface area contributed by atoms with Crippen LogP contribution in [-0.2, 0) is 19.0 Å². The molecule has 0 bridgehead atoms. The molecule has 0 N–H and O–H groups in total. The third-order valence-corrected chi connectivity index (χ3v) is 4.66. The minimum absolute atomic E-state index is 0.0575. The van der Waals surface area contributed by atoms with Crippen LogP contribution in [0.3, 0.4) is 0 Å². The highest BCUT2D eigenvalue weighted by molar-refractivity contribution is 5.94. The average Bonchev–Trinajstić information content (AvgIpc) is 2.95. The summed E-state index contributed by atoms with van der Waals surface area (Å²) in [5, 5.41) is 0. The van der Waals surface area contributed by atoms with Crippen molar-refractivity contribution < 1.29 is 28.5 Å². The highest BCUT2D eigenvalue weighted by Gasteiger charge is 2.43. The van der Waals surface area contributed by atoms with Gasteiger partial charge >= 0.3 is 5.97 Å². The number of benzene rings is 1. The zero-order chi connectivity index (χ0) is 20.3. The molecule has 1 aromatic carbocycles. The first-order chi connectivity index (χ1) is 13.3.